The lowest BCUT2D eigenvalue weighted by atomic mass is 10.0. The Balaban J connectivity index is 0.000000730. The molecule has 0 radical (unpaired) electrons. The molecule has 5 heterocycles. The average Bonchev–Trinajstić information content (AvgIpc) is 3.36. The van der Waals surface area contributed by atoms with E-state index >= 15 is 0 Å². The van der Waals surface area contributed by atoms with E-state index in [1.807, 2.05) is 36.4 Å². The number of halogens is 4. The zero-order valence-electron chi connectivity index (χ0n) is 29.6. The highest BCUT2D eigenvalue weighted by atomic mass is 79.9. The fourth-order valence-electron chi connectivity index (χ4n) is 5.90. The van der Waals surface area contributed by atoms with E-state index in [1.165, 1.54) is 6.26 Å². The lowest BCUT2D eigenvalue weighted by Crippen LogP contribution is -2.45. The summed E-state index contributed by atoms with van der Waals surface area (Å²) < 4.78 is 56.7. The number of cyclic esters (lactones) is 1. The van der Waals surface area contributed by atoms with Gasteiger partial charge in [-0.1, -0.05) is 25.1 Å². The monoisotopic (exact) mass is 832 g/mol. The van der Waals surface area contributed by atoms with Gasteiger partial charge in [-0.25, -0.2) is 14.6 Å². The SMILES string of the molecule is CCc1cc(Nc2ncc(Br)c(Nc3cnc4ccccc4c3P(C)(C)=O)n2)c(OC)nc1N1CCC(N2C=CC=COC2=O)CC1.O=C(O)C(F)(F)F. The van der Waals surface area contributed by atoms with Crippen molar-refractivity contribution in [2.75, 3.05) is 49.1 Å². The van der Waals surface area contributed by atoms with Gasteiger partial charge in [0.1, 0.15) is 24.5 Å². The van der Waals surface area contributed by atoms with Crippen LogP contribution in [0.1, 0.15) is 25.3 Å². The summed E-state index contributed by atoms with van der Waals surface area (Å²) in [4.78, 5) is 43.9. The van der Waals surface area contributed by atoms with Gasteiger partial charge in [0.2, 0.25) is 11.8 Å². The number of carboxylic acid groups (broad SMARTS) is 1. The molecule has 4 aromatic rings. The molecule has 0 atom stereocenters. The van der Waals surface area contributed by atoms with Crippen molar-refractivity contribution in [1.29, 1.82) is 0 Å². The molecule has 54 heavy (non-hydrogen) atoms. The maximum atomic E-state index is 13.4. The van der Waals surface area contributed by atoms with Gasteiger partial charge in [0, 0.05) is 42.2 Å². The molecule has 1 fully saturated rings. The summed E-state index contributed by atoms with van der Waals surface area (Å²) in [5.74, 6) is -0.694. The third-order valence-corrected chi connectivity index (χ3v) is 10.5. The van der Waals surface area contributed by atoms with Crippen molar-refractivity contribution >= 4 is 80.3 Å². The van der Waals surface area contributed by atoms with Crippen LogP contribution in [0.3, 0.4) is 0 Å². The van der Waals surface area contributed by atoms with Crippen LogP contribution in [-0.4, -0.2) is 87.8 Å². The van der Waals surface area contributed by atoms with Crippen LogP contribution in [0.5, 0.6) is 5.88 Å². The van der Waals surface area contributed by atoms with Crippen molar-refractivity contribution in [1.82, 2.24) is 24.8 Å². The predicted molar refractivity (Wildman–Crippen MR) is 203 cm³/mol. The van der Waals surface area contributed by atoms with E-state index in [2.05, 4.69) is 48.4 Å². The number of anilines is 5. The molecular weight excluding hydrogens is 796 g/mol. The molecule has 0 spiro atoms. The van der Waals surface area contributed by atoms with Crippen LogP contribution in [0.2, 0.25) is 0 Å². The number of alkyl halides is 3. The zero-order chi connectivity index (χ0) is 39.2. The molecule has 1 amide bonds. The molecule has 1 saturated heterocycles. The minimum Gasteiger partial charge on any atom is -0.479 e. The second-order valence-electron chi connectivity index (χ2n) is 12.4. The molecule has 0 saturated carbocycles. The summed E-state index contributed by atoms with van der Waals surface area (Å²) in [5, 5.41) is 15.3. The first-order valence-corrected chi connectivity index (χ1v) is 19.9. The molecule has 19 heteroatoms. The van der Waals surface area contributed by atoms with Gasteiger partial charge in [-0.15, -0.1) is 0 Å². The second kappa shape index (κ2) is 16.8. The maximum absolute atomic E-state index is 13.4. The average molecular weight is 834 g/mol. The summed E-state index contributed by atoms with van der Waals surface area (Å²) in [6.45, 7) is 7.04. The van der Waals surface area contributed by atoms with E-state index in [0.717, 1.165) is 54.6 Å². The van der Waals surface area contributed by atoms with Crippen molar-refractivity contribution < 1.29 is 41.9 Å². The number of methoxy groups -OCH3 is 1. The first-order valence-electron chi connectivity index (χ1n) is 16.6. The number of pyridine rings is 2. The number of hydrogen-bond acceptors (Lipinski definition) is 12. The number of aromatic nitrogens is 4. The number of nitrogens with zero attached hydrogens (tertiary/aromatic N) is 6. The highest BCUT2D eigenvalue weighted by molar-refractivity contribution is 9.10. The Labute approximate surface area is 317 Å². The van der Waals surface area contributed by atoms with Crippen molar-refractivity contribution in [3.63, 3.8) is 0 Å². The number of carbonyl (C=O) groups is 2. The Kier molecular flexibility index (Phi) is 12.5. The smallest absolute Gasteiger partial charge is 0.479 e. The fourth-order valence-corrected chi connectivity index (χ4v) is 7.66. The molecule has 2 aliphatic heterocycles. The molecule has 0 bridgehead atoms. The van der Waals surface area contributed by atoms with E-state index < -0.39 is 19.3 Å². The number of benzene rings is 1. The Bertz CT molecular complexity index is 2140. The Morgan fingerprint density at radius 2 is 1.80 bits per heavy atom. The molecule has 2 aliphatic rings. The lowest BCUT2D eigenvalue weighted by molar-refractivity contribution is -0.192. The third kappa shape index (κ3) is 9.46. The number of carboxylic acids is 1. The summed E-state index contributed by atoms with van der Waals surface area (Å²) in [7, 11) is -1.12. The number of allylic oxidation sites excluding steroid dienone is 2. The van der Waals surface area contributed by atoms with Crippen LogP contribution in [0.25, 0.3) is 10.9 Å². The van der Waals surface area contributed by atoms with E-state index in [4.69, 9.17) is 29.3 Å². The quantitative estimate of drug-likeness (QED) is 0.141. The number of rotatable bonds is 9. The van der Waals surface area contributed by atoms with Crippen LogP contribution in [0, 0.1) is 0 Å². The van der Waals surface area contributed by atoms with E-state index in [9.17, 15) is 22.5 Å². The van der Waals surface area contributed by atoms with E-state index in [1.54, 1.807) is 50.0 Å². The number of amides is 1. The van der Waals surface area contributed by atoms with Gasteiger partial charge >= 0.3 is 18.2 Å². The number of fused-ring (bicyclic) bond motifs is 1. The first kappa shape index (κ1) is 40.0. The topological polar surface area (TPSA) is 172 Å². The van der Waals surface area contributed by atoms with Gasteiger partial charge in [-0.05, 0) is 78.4 Å². The molecule has 286 valence electrons. The number of para-hydroxylation sites is 1. The summed E-state index contributed by atoms with van der Waals surface area (Å²) in [6, 6.07) is 9.73. The van der Waals surface area contributed by atoms with Gasteiger partial charge < -0.3 is 34.7 Å². The molecule has 14 nitrogen and oxygen atoms in total. The molecule has 3 aromatic heterocycles. The van der Waals surface area contributed by atoms with Crippen molar-refractivity contribution in [3.05, 3.63) is 77.4 Å². The molecule has 1 aromatic carbocycles. The Morgan fingerprint density at radius 3 is 2.44 bits per heavy atom. The maximum Gasteiger partial charge on any atom is 0.490 e. The summed E-state index contributed by atoms with van der Waals surface area (Å²) >= 11 is 3.56. The number of piperidine rings is 1. The Morgan fingerprint density at radius 1 is 1.09 bits per heavy atom. The minimum absolute atomic E-state index is 0.0447. The van der Waals surface area contributed by atoms with Crippen LogP contribution in [0.4, 0.5) is 46.9 Å². The number of hydrogen-bond donors (Lipinski definition) is 3. The van der Waals surface area contributed by atoms with Gasteiger partial charge in [0.15, 0.2) is 0 Å². The van der Waals surface area contributed by atoms with Crippen molar-refractivity contribution in [2.45, 2.75) is 38.4 Å². The van der Waals surface area contributed by atoms with Crippen LogP contribution >= 0.6 is 23.1 Å². The van der Waals surface area contributed by atoms with Crippen molar-refractivity contribution in [2.24, 2.45) is 0 Å². The largest absolute Gasteiger partial charge is 0.490 e. The standard InChI is InChI=1S/C33H36BrN8O4P.C2HF3O2/c1-5-21-18-26(31(45-2)40-30(21)41-15-12-22(13-16-41)42-14-8-9-17-46-33(42)43)38-32-36-19-24(34)29(39-32)37-27-20-35-25-11-7-6-10-23(25)28(27)47(3,4)44;3-2(4,5)1(6)7/h6-11,14,17-20,22H,5,12-13,15-16H2,1-4H3,(H2,36,37,38,39);(H,6,7). The van der Waals surface area contributed by atoms with Crippen LogP contribution in [-0.2, 0) is 20.5 Å². The van der Waals surface area contributed by atoms with Crippen LogP contribution < -0.4 is 25.6 Å². The lowest BCUT2D eigenvalue weighted by Gasteiger charge is -2.37. The fraction of sp³-hybridized carbons (Fsp3) is 0.314. The number of aryl methyl sites for hydroxylation is 1. The van der Waals surface area contributed by atoms with Gasteiger partial charge in [0.05, 0.1) is 35.2 Å². The van der Waals surface area contributed by atoms with Gasteiger partial charge in [0.25, 0.3) is 0 Å². The van der Waals surface area contributed by atoms with Gasteiger partial charge in [-0.3, -0.25) is 9.88 Å². The molecular formula is C35H37BrF3N8O6P. The zero-order valence-corrected chi connectivity index (χ0v) is 32.1. The normalized spacial score (nSPS) is 14.9. The number of aliphatic carboxylic acids is 1. The number of ether oxygens (including phenoxy) is 2. The van der Waals surface area contributed by atoms with E-state index in [0.29, 0.717) is 38.8 Å². The van der Waals surface area contributed by atoms with E-state index in [-0.39, 0.29) is 12.1 Å². The second-order valence-corrected chi connectivity index (χ2v) is 16.4. The highest BCUT2D eigenvalue weighted by Gasteiger charge is 2.38. The van der Waals surface area contributed by atoms with Crippen molar-refractivity contribution in [3.8, 4) is 5.88 Å². The third-order valence-electron chi connectivity index (χ3n) is 8.36. The van der Waals surface area contributed by atoms with Crippen LogP contribution in [0.15, 0.2) is 71.8 Å². The molecule has 6 rings (SSSR count). The molecule has 0 aliphatic carbocycles. The van der Waals surface area contributed by atoms with Gasteiger partial charge in [-0.2, -0.15) is 23.1 Å². The number of nitrogens with one attached hydrogen (secondary N) is 2. The minimum atomic E-state index is -5.08. The highest BCUT2D eigenvalue weighted by Crippen LogP contribution is 2.42. The molecule has 3 N–H and O–H groups in total. The first-order chi connectivity index (χ1) is 25.6. The number of carbonyl (C=O) groups excluding carboxylic acids is 1. The summed E-state index contributed by atoms with van der Waals surface area (Å²) in [6.07, 6.45) is 6.87. The summed E-state index contributed by atoms with van der Waals surface area (Å²) in [5.41, 5.74) is 3.05. The predicted octanol–water partition coefficient (Wildman–Crippen LogP) is 7.57. The molecule has 0 unspecified atom stereocenters. The Hall–Kier alpha value is -5.22.